The molecule has 1 aliphatic carbocycles. The van der Waals surface area contributed by atoms with Crippen LogP contribution >= 0.6 is 0 Å². The summed E-state index contributed by atoms with van der Waals surface area (Å²) in [7, 11) is 1.52. The van der Waals surface area contributed by atoms with Crippen molar-refractivity contribution in [1.29, 1.82) is 0 Å². The maximum Gasteiger partial charge on any atom is 0.339 e. The van der Waals surface area contributed by atoms with Crippen LogP contribution in [-0.2, 0) is 4.74 Å². The Bertz CT molecular complexity index is 905. The van der Waals surface area contributed by atoms with Gasteiger partial charge in [0.2, 0.25) is 5.78 Å². The largest absolute Gasteiger partial charge is 0.497 e. The number of nitrogens with one attached hydrogen (secondary N) is 1. The van der Waals surface area contributed by atoms with E-state index in [1.807, 2.05) is 0 Å². The summed E-state index contributed by atoms with van der Waals surface area (Å²) in [6.07, 6.45) is 0.891. The number of anilines is 1. The van der Waals surface area contributed by atoms with Crippen molar-refractivity contribution in [2.75, 3.05) is 12.4 Å². The Morgan fingerprint density at radius 2 is 1.79 bits per heavy atom. The van der Waals surface area contributed by atoms with Gasteiger partial charge in [-0.2, -0.15) is 0 Å². The number of Topliss-reactive ketones (excluding diaryl/α,β-unsaturated/α-hetero) is 1. The zero-order valence-corrected chi connectivity index (χ0v) is 15.5. The third-order valence-electron chi connectivity index (χ3n) is 4.39. The Morgan fingerprint density at radius 1 is 1.14 bits per heavy atom. The Balaban J connectivity index is 1.71. The molecule has 1 saturated carbocycles. The van der Waals surface area contributed by atoms with E-state index in [4.69, 9.17) is 9.47 Å². The second kappa shape index (κ2) is 8.08. The molecule has 8 nitrogen and oxygen atoms in total. The average molecular weight is 384 g/mol. The molecule has 0 bridgehead atoms. The van der Waals surface area contributed by atoms with Crippen molar-refractivity contribution < 1.29 is 24.0 Å². The maximum absolute atomic E-state index is 12.4. The van der Waals surface area contributed by atoms with Gasteiger partial charge < -0.3 is 14.8 Å². The molecule has 1 fully saturated rings. The minimum absolute atomic E-state index is 0.0161. The molecule has 0 unspecified atom stereocenters. The van der Waals surface area contributed by atoms with Crippen molar-refractivity contribution in [3.8, 4) is 5.75 Å². The summed E-state index contributed by atoms with van der Waals surface area (Å²) in [5, 5.41) is 14.4. The van der Waals surface area contributed by atoms with E-state index in [9.17, 15) is 19.7 Å². The number of methoxy groups -OCH3 is 1. The molecular weight excluding hydrogens is 364 g/mol. The van der Waals surface area contributed by atoms with Crippen LogP contribution in [-0.4, -0.2) is 35.9 Å². The van der Waals surface area contributed by atoms with E-state index in [1.165, 1.54) is 26.2 Å². The van der Waals surface area contributed by atoms with Crippen LogP contribution in [0.2, 0.25) is 0 Å². The van der Waals surface area contributed by atoms with Crippen molar-refractivity contribution in [3.63, 3.8) is 0 Å². The van der Waals surface area contributed by atoms with Crippen LogP contribution in [0.1, 0.15) is 40.5 Å². The molecule has 0 aromatic heterocycles. The van der Waals surface area contributed by atoms with Gasteiger partial charge in [0, 0.05) is 17.7 Å². The van der Waals surface area contributed by atoms with E-state index in [1.54, 1.807) is 24.3 Å². The minimum atomic E-state index is -1.04. The van der Waals surface area contributed by atoms with Gasteiger partial charge in [0.05, 0.1) is 17.6 Å². The van der Waals surface area contributed by atoms with E-state index in [2.05, 4.69) is 5.32 Å². The molecule has 3 rings (SSSR count). The SMILES string of the molecule is COc1ccc(C(=O)[C@H](C)OC(=O)c2ccc(NC3CC3)c([N+](=O)[O-])c2)cc1. The number of rotatable bonds is 8. The molecule has 0 radical (unpaired) electrons. The normalized spacial score (nSPS) is 14.1. The van der Waals surface area contributed by atoms with Crippen LogP contribution in [0.25, 0.3) is 0 Å². The fraction of sp³-hybridized carbons (Fsp3) is 0.300. The van der Waals surface area contributed by atoms with Crippen LogP contribution in [0.15, 0.2) is 42.5 Å². The molecule has 0 heterocycles. The maximum atomic E-state index is 12.4. The fourth-order valence-electron chi connectivity index (χ4n) is 2.65. The molecule has 1 aliphatic rings. The first-order valence-corrected chi connectivity index (χ1v) is 8.83. The van der Waals surface area contributed by atoms with Gasteiger partial charge in [0.1, 0.15) is 11.4 Å². The van der Waals surface area contributed by atoms with Gasteiger partial charge >= 0.3 is 5.97 Å². The number of carbonyl (C=O) groups excluding carboxylic acids is 2. The second-order valence-corrected chi connectivity index (χ2v) is 6.55. The van der Waals surface area contributed by atoms with Crippen molar-refractivity contribution in [2.24, 2.45) is 0 Å². The number of benzene rings is 2. The number of hydrogen-bond acceptors (Lipinski definition) is 7. The summed E-state index contributed by atoms with van der Waals surface area (Å²) < 4.78 is 10.3. The van der Waals surface area contributed by atoms with E-state index in [-0.39, 0.29) is 23.1 Å². The Kier molecular flexibility index (Phi) is 5.58. The Morgan fingerprint density at radius 3 is 2.36 bits per heavy atom. The summed E-state index contributed by atoms with van der Waals surface area (Å²) in [6.45, 7) is 1.46. The molecule has 2 aromatic carbocycles. The molecule has 1 N–H and O–H groups in total. The number of nitro groups is 1. The van der Waals surface area contributed by atoms with Gasteiger partial charge in [-0.3, -0.25) is 14.9 Å². The topological polar surface area (TPSA) is 108 Å². The van der Waals surface area contributed by atoms with Gasteiger partial charge in [-0.1, -0.05) is 0 Å². The summed E-state index contributed by atoms with van der Waals surface area (Å²) in [4.78, 5) is 35.6. The van der Waals surface area contributed by atoms with E-state index in [0.717, 1.165) is 18.9 Å². The predicted octanol–water partition coefficient (Wildman–Crippen LogP) is 3.61. The predicted molar refractivity (Wildman–Crippen MR) is 102 cm³/mol. The van der Waals surface area contributed by atoms with Crippen LogP contribution in [0.3, 0.4) is 0 Å². The lowest BCUT2D eigenvalue weighted by molar-refractivity contribution is -0.384. The Labute approximate surface area is 161 Å². The number of nitrogens with zero attached hydrogens (tertiary/aromatic N) is 1. The highest BCUT2D eigenvalue weighted by Gasteiger charge is 2.27. The van der Waals surface area contributed by atoms with E-state index < -0.39 is 17.0 Å². The molecule has 0 aliphatic heterocycles. The summed E-state index contributed by atoms with van der Waals surface area (Å²) >= 11 is 0. The van der Waals surface area contributed by atoms with Crippen LogP contribution < -0.4 is 10.1 Å². The van der Waals surface area contributed by atoms with Gasteiger partial charge in [0.25, 0.3) is 5.69 Å². The highest BCUT2D eigenvalue weighted by molar-refractivity contribution is 6.01. The molecule has 8 heteroatoms. The van der Waals surface area contributed by atoms with Crippen molar-refractivity contribution in [2.45, 2.75) is 31.9 Å². The van der Waals surface area contributed by atoms with Gasteiger partial charge in [-0.15, -0.1) is 0 Å². The van der Waals surface area contributed by atoms with Crippen LogP contribution in [0, 0.1) is 10.1 Å². The monoisotopic (exact) mass is 384 g/mol. The first-order chi connectivity index (χ1) is 13.4. The lowest BCUT2D eigenvalue weighted by Gasteiger charge is -2.13. The van der Waals surface area contributed by atoms with Gasteiger partial charge in [-0.05, 0) is 56.2 Å². The zero-order valence-electron chi connectivity index (χ0n) is 15.5. The first kappa shape index (κ1) is 19.3. The molecule has 28 heavy (non-hydrogen) atoms. The van der Waals surface area contributed by atoms with Gasteiger partial charge in [-0.25, -0.2) is 4.79 Å². The van der Waals surface area contributed by atoms with Crippen molar-refractivity contribution in [1.82, 2.24) is 0 Å². The molecule has 146 valence electrons. The lowest BCUT2D eigenvalue weighted by atomic mass is 10.1. The minimum Gasteiger partial charge on any atom is -0.497 e. The zero-order chi connectivity index (χ0) is 20.3. The molecule has 0 amide bonds. The number of ketones is 1. The number of carbonyl (C=O) groups is 2. The molecular formula is C20H20N2O6. The highest BCUT2D eigenvalue weighted by atomic mass is 16.6. The van der Waals surface area contributed by atoms with Crippen molar-refractivity contribution >= 4 is 23.1 Å². The number of esters is 1. The molecule has 1 atom stereocenters. The summed E-state index contributed by atoms with van der Waals surface area (Å²) in [5.74, 6) is -0.568. The van der Waals surface area contributed by atoms with E-state index in [0.29, 0.717) is 17.0 Å². The summed E-state index contributed by atoms with van der Waals surface area (Å²) in [5.41, 5.74) is 0.556. The van der Waals surface area contributed by atoms with Crippen LogP contribution in [0.4, 0.5) is 11.4 Å². The number of nitro benzene ring substituents is 1. The third-order valence-corrected chi connectivity index (χ3v) is 4.39. The van der Waals surface area contributed by atoms with Crippen molar-refractivity contribution in [3.05, 3.63) is 63.7 Å². The molecule has 0 spiro atoms. The molecule has 0 saturated heterocycles. The number of ether oxygens (including phenoxy) is 2. The van der Waals surface area contributed by atoms with Crippen LogP contribution in [0.5, 0.6) is 5.75 Å². The number of hydrogen-bond donors (Lipinski definition) is 1. The van der Waals surface area contributed by atoms with E-state index >= 15 is 0 Å². The second-order valence-electron chi connectivity index (χ2n) is 6.55. The molecule has 2 aromatic rings. The summed E-state index contributed by atoms with van der Waals surface area (Å²) in [6, 6.07) is 10.8. The smallest absolute Gasteiger partial charge is 0.339 e. The van der Waals surface area contributed by atoms with Gasteiger partial charge in [0.15, 0.2) is 6.10 Å². The first-order valence-electron chi connectivity index (χ1n) is 8.83. The standard InChI is InChI=1S/C20H20N2O6/c1-12(19(23)13-3-8-16(27-2)9-4-13)28-20(24)14-5-10-17(21-15-6-7-15)18(11-14)22(25)26/h3-5,8-12,15,21H,6-7H2,1-2H3/t12-/m0/s1. The lowest BCUT2D eigenvalue weighted by Crippen LogP contribution is -2.24. The quantitative estimate of drug-likeness (QED) is 0.320. The highest BCUT2D eigenvalue weighted by Crippen LogP contribution is 2.31. The average Bonchev–Trinajstić information content (AvgIpc) is 3.51. The Hall–Kier alpha value is -3.42. The third kappa shape index (κ3) is 4.46. The fourth-order valence-corrected chi connectivity index (χ4v) is 2.65.